The first-order chi connectivity index (χ1) is 6.15. The van der Waals surface area contributed by atoms with Gasteiger partial charge in [-0.3, -0.25) is 0 Å². The quantitative estimate of drug-likeness (QED) is 0.611. The largest absolute Gasteiger partial charge is 0.504 e. The molecule has 0 atom stereocenters. The lowest BCUT2D eigenvalue weighted by atomic mass is 10.1. The first kappa shape index (κ1) is 9.45. The van der Waals surface area contributed by atoms with Gasteiger partial charge in [-0.05, 0) is 24.1 Å². The summed E-state index contributed by atoms with van der Waals surface area (Å²) in [6.45, 7) is 1.98. The van der Waals surface area contributed by atoms with Crippen molar-refractivity contribution >= 4 is 6.08 Å². The second-order valence-electron chi connectivity index (χ2n) is 2.72. The third-order valence-corrected chi connectivity index (χ3v) is 1.64. The van der Waals surface area contributed by atoms with Crippen molar-refractivity contribution in [3.8, 4) is 17.2 Å². The molecule has 13 heavy (non-hydrogen) atoms. The third kappa shape index (κ3) is 2.15. The monoisotopic (exact) mass is 180 g/mol. The van der Waals surface area contributed by atoms with E-state index in [4.69, 9.17) is 15.3 Å². The minimum absolute atomic E-state index is 0.309. The fourth-order valence-corrected chi connectivity index (χ4v) is 0.975. The van der Waals surface area contributed by atoms with Gasteiger partial charge in [0.25, 0.3) is 0 Å². The van der Waals surface area contributed by atoms with Crippen molar-refractivity contribution in [3.63, 3.8) is 0 Å². The average molecular weight is 180 g/mol. The van der Waals surface area contributed by atoms with Gasteiger partial charge in [0.15, 0.2) is 17.2 Å². The van der Waals surface area contributed by atoms with Gasteiger partial charge in [0.1, 0.15) is 0 Å². The van der Waals surface area contributed by atoms with Crippen molar-refractivity contribution in [1.29, 1.82) is 0 Å². The number of benzene rings is 1. The van der Waals surface area contributed by atoms with Crippen molar-refractivity contribution < 1.29 is 15.3 Å². The molecule has 0 aliphatic carbocycles. The van der Waals surface area contributed by atoms with Gasteiger partial charge in [-0.2, -0.15) is 0 Å². The lowest BCUT2D eigenvalue weighted by Gasteiger charge is -2.01. The molecule has 0 unspecified atom stereocenters. The second kappa shape index (κ2) is 3.85. The Hall–Kier alpha value is -1.64. The Balaban J connectivity index is 3.06. The van der Waals surface area contributed by atoms with Crippen LogP contribution in [0.15, 0.2) is 18.2 Å². The van der Waals surface area contributed by atoms with Crippen LogP contribution in [0.3, 0.4) is 0 Å². The molecule has 0 aromatic heterocycles. The molecule has 70 valence electrons. The lowest BCUT2D eigenvalue weighted by molar-refractivity contribution is 0.368. The van der Waals surface area contributed by atoms with Crippen molar-refractivity contribution in [3.05, 3.63) is 23.8 Å². The van der Waals surface area contributed by atoms with Gasteiger partial charge >= 0.3 is 0 Å². The smallest absolute Gasteiger partial charge is 0.200 e. The molecular weight excluding hydrogens is 168 g/mol. The summed E-state index contributed by atoms with van der Waals surface area (Å²) < 4.78 is 0. The average Bonchev–Trinajstić information content (AvgIpc) is 2.10. The molecule has 0 bridgehead atoms. The zero-order valence-corrected chi connectivity index (χ0v) is 7.36. The molecule has 0 spiro atoms. The topological polar surface area (TPSA) is 60.7 Å². The van der Waals surface area contributed by atoms with Gasteiger partial charge in [-0.1, -0.05) is 19.1 Å². The Labute approximate surface area is 76.6 Å². The van der Waals surface area contributed by atoms with Gasteiger partial charge in [-0.25, -0.2) is 0 Å². The highest BCUT2D eigenvalue weighted by Gasteiger charge is 2.05. The van der Waals surface area contributed by atoms with Crippen LogP contribution >= 0.6 is 0 Å². The summed E-state index contributed by atoms with van der Waals surface area (Å²) in [5.41, 5.74) is 0.662. The van der Waals surface area contributed by atoms with Crippen LogP contribution in [-0.4, -0.2) is 15.3 Å². The Morgan fingerprint density at radius 2 is 1.69 bits per heavy atom. The number of phenols is 3. The van der Waals surface area contributed by atoms with Crippen molar-refractivity contribution in [2.75, 3.05) is 0 Å². The summed E-state index contributed by atoms with van der Waals surface area (Å²) in [4.78, 5) is 0. The van der Waals surface area contributed by atoms with E-state index in [2.05, 4.69) is 0 Å². The van der Waals surface area contributed by atoms with Gasteiger partial charge in [-0.15, -0.1) is 0 Å². The molecule has 0 radical (unpaired) electrons. The number of allylic oxidation sites excluding steroid dienone is 1. The number of hydrogen-bond donors (Lipinski definition) is 3. The summed E-state index contributed by atoms with van der Waals surface area (Å²) in [6.07, 6.45) is 4.53. The first-order valence-electron chi connectivity index (χ1n) is 4.06. The molecule has 0 saturated carbocycles. The Kier molecular flexibility index (Phi) is 2.80. The summed E-state index contributed by atoms with van der Waals surface area (Å²) in [5, 5.41) is 27.3. The third-order valence-electron chi connectivity index (χ3n) is 1.64. The molecule has 1 aromatic carbocycles. The number of hydrogen-bond acceptors (Lipinski definition) is 3. The summed E-state index contributed by atoms with van der Waals surface area (Å²) >= 11 is 0. The maximum Gasteiger partial charge on any atom is 0.200 e. The molecule has 0 amide bonds. The Morgan fingerprint density at radius 1 is 1.15 bits per heavy atom. The Bertz CT molecular complexity index is 306. The molecule has 0 aliphatic rings. The number of aromatic hydroxyl groups is 3. The van der Waals surface area contributed by atoms with Crippen LogP contribution in [0.1, 0.15) is 18.9 Å². The van der Waals surface area contributed by atoms with E-state index in [-0.39, 0.29) is 11.5 Å². The maximum absolute atomic E-state index is 9.14. The van der Waals surface area contributed by atoms with E-state index in [1.807, 2.05) is 13.0 Å². The molecule has 0 saturated heterocycles. The second-order valence-corrected chi connectivity index (χ2v) is 2.72. The molecule has 1 aromatic rings. The fraction of sp³-hybridized carbons (Fsp3) is 0.200. The van der Waals surface area contributed by atoms with E-state index < -0.39 is 5.75 Å². The van der Waals surface area contributed by atoms with Crippen LogP contribution in [0.5, 0.6) is 17.2 Å². The molecule has 0 fully saturated rings. The highest BCUT2D eigenvalue weighted by Crippen LogP contribution is 2.35. The van der Waals surface area contributed by atoms with Gasteiger partial charge in [0.05, 0.1) is 0 Å². The van der Waals surface area contributed by atoms with Crippen LogP contribution in [-0.2, 0) is 0 Å². The number of rotatable bonds is 2. The molecule has 1 rings (SSSR count). The van der Waals surface area contributed by atoms with E-state index in [1.54, 1.807) is 6.08 Å². The van der Waals surface area contributed by atoms with E-state index in [9.17, 15) is 0 Å². The van der Waals surface area contributed by atoms with E-state index in [0.717, 1.165) is 6.42 Å². The van der Waals surface area contributed by atoms with Crippen LogP contribution in [0.4, 0.5) is 0 Å². The molecule has 3 N–H and O–H groups in total. The predicted molar refractivity (Wildman–Crippen MR) is 50.8 cm³/mol. The molecular formula is C10H12O3. The van der Waals surface area contributed by atoms with E-state index in [1.165, 1.54) is 12.1 Å². The highest BCUT2D eigenvalue weighted by atomic mass is 16.3. The SMILES string of the molecule is CCC=Cc1cc(O)c(O)c(O)c1. The maximum atomic E-state index is 9.14. The standard InChI is InChI=1S/C10H12O3/c1-2-3-4-7-5-8(11)10(13)9(12)6-7/h3-6,11-13H,2H2,1H3. The molecule has 3 nitrogen and oxygen atoms in total. The summed E-state index contributed by atoms with van der Waals surface area (Å²) in [5.74, 6) is -1.10. The van der Waals surface area contributed by atoms with Crippen molar-refractivity contribution in [1.82, 2.24) is 0 Å². The molecule has 3 heteroatoms. The zero-order chi connectivity index (χ0) is 9.84. The highest BCUT2D eigenvalue weighted by molar-refractivity contribution is 5.60. The van der Waals surface area contributed by atoms with E-state index >= 15 is 0 Å². The first-order valence-corrected chi connectivity index (χ1v) is 4.06. The minimum atomic E-state index is -0.478. The minimum Gasteiger partial charge on any atom is -0.504 e. The van der Waals surface area contributed by atoms with Crippen LogP contribution in [0.25, 0.3) is 6.08 Å². The van der Waals surface area contributed by atoms with E-state index in [0.29, 0.717) is 5.56 Å². The Morgan fingerprint density at radius 3 is 2.15 bits per heavy atom. The van der Waals surface area contributed by atoms with Gasteiger partial charge in [0, 0.05) is 0 Å². The van der Waals surface area contributed by atoms with Gasteiger partial charge < -0.3 is 15.3 Å². The summed E-state index contributed by atoms with van der Waals surface area (Å²) in [6, 6.07) is 2.78. The van der Waals surface area contributed by atoms with Crippen molar-refractivity contribution in [2.24, 2.45) is 0 Å². The van der Waals surface area contributed by atoms with Gasteiger partial charge in [0.2, 0.25) is 0 Å². The number of phenolic OH excluding ortho intramolecular Hbond substituents is 3. The predicted octanol–water partition coefficient (Wildman–Crippen LogP) is 2.23. The van der Waals surface area contributed by atoms with Crippen LogP contribution < -0.4 is 0 Å². The zero-order valence-electron chi connectivity index (χ0n) is 7.36. The molecule has 0 aliphatic heterocycles. The fourth-order valence-electron chi connectivity index (χ4n) is 0.975. The van der Waals surface area contributed by atoms with Crippen LogP contribution in [0, 0.1) is 0 Å². The summed E-state index contributed by atoms with van der Waals surface area (Å²) in [7, 11) is 0. The van der Waals surface area contributed by atoms with Crippen molar-refractivity contribution in [2.45, 2.75) is 13.3 Å². The molecule has 0 heterocycles. The normalized spacial score (nSPS) is 10.8. The lowest BCUT2D eigenvalue weighted by Crippen LogP contribution is -1.75. The van der Waals surface area contributed by atoms with Crippen LogP contribution in [0.2, 0.25) is 0 Å².